The Labute approximate surface area is 117 Å². The lowest BCUT2D eigenvalue weighted by molar-refractivity contribution is 0.594. The Morgan fingerprint density at radius 1 is 0.895 bits per heavy atom. The van der Waals surface area contributed by atoms with E-state index in [1.807, 2.05) is 29.2 Å². The van der Waals surface area contributed by atoms with Crippen LogP contribution in [-0.4, -0.2) is 20.8 Å². The van der Waals surface area contributed by atoms with Crippen LogP contribution in [0.3, 0.4) is 0 Å². The van der Waals surface area contributed by atoms with Crippen molar-refractivity contribution in [3.63, 3.8) is 0 Å². The van der Waals surface area contributed by atoms with Crippen LogP contribution < -0.4 is 4.90 Å². The minimum atomic E-state index is -3.44. The van der Waals surface area contributed by atoms with E-state index in [9.17, 15) is 8.42 Å². The number of hydrogen-bond acceptors (Lipinski definition) is 3. The van der Waals surface area contributed by atoms with Crippen molar-refractivity contribution in [2.24, 2.45) is 0 Å². The highest BCUT2D eigenvalue weighted by Gasteiger charge is 2.33. The van der Waals surface area contributed by atoms with Crippen molar-refractivity contribution in [2.45, 2.75) is 9.79 Å². The molecule has 5 heteroatoms. The van der Waals surface area contributed by atoms with E-state index >= 15 is 0 Å². The SMILES string of the molecule is O=S1(=O)c2ccccc2N(CCCl)c2ccccc21. The van der Waals surface area contributed by atoms with Gasteiger partial charge in [-0.05, 0) is 24.3 Å². The highest BCUT2D eigenvalue weighted by molar-refractivity contribution is 7.92. The van der Waals surface area contributed by atoms with Crippen LogP contribution in [0.5, 0.6) is 0 Å². The second-order valence-electron chi connectivity index (χ2n) is 4.28. The smallest absolute Gasteiger partial charge is 0.210 e. The van der Waals surface area contributed by atoms with Crippen molar-refractivity contribution in [1.82, 2.24) is 0 Å². The molecule has 0 amide bonds. The first-order valence-corrected chi connectivity index (χ1v) is 7.94. The molecule has 0 bridgehead atoms. The van der Waals surface area contributed by atoms with E-state index < -0.39 is 9.84 Å². The van der Waals surface area contributed by atoms with E-state index in [1.54, 1.807) is 24.3 Å². The molecule has 3 nitrogen and oxygen atoms in total. The molecule has 1 heterocycles. The van der Waals surface area contributed by atoms with Gasteiger partial charge in [-0.2, -0.15) is 0 Å². The normalized spacial score (nSPS) is 15.7. The zero-order valence-electron chi connectivity index (χ0n) is 10.1. The highest BCUT2D eigenvalue weighted by atomic mass is 35.5. The lowest BCUT2D eigenvalue weighted by Crippen LogP contribution is -2.27. The highest BCUT2D eigenvalue weighted by Crippen LogP contribution is 2.43. The van der Waals surface area contributed by atoms with Gasteiger partial charge < -0.3 is 4.90 Å². The summed E-state index contributed by atoms with van der Waals surface area (Å²) in [6.07, 6.45) is 0. The Morgan fingerprint density at radius 3 is 1.84 bits per heavy atom. The fourth-order valence-corrected chi connectivity index (χ4v) is 4.22. The first-order chi connectivity index (χ1) is 9.16. The lowest BCUT2D eigenvalue weighted by Gasteiger charge is -2.32. The Morgan fingerprint density at radius 2 is 1.37 bits per heavy atom. The summed E-state index contributed by atoms with van der Waals surface area (Å²) in [5, 5.41) is 0. The second kappa shape index (κ2) is 4.54. The molecule has 0 aliphatic carbocycles. The summed E-state index contributed by atoms with van der Waals surface area (Å²) in [6, 6.07) is 14.1. The standard InChI is InChI=1S/C14H12ClNO2S/c15-9-10-16-11-5-1-3-7-13(11)19(17,18)14-8-4-2-6-12(14)16/h1-8H,9-10H2. The lowest BCUT2D eigenvalue weighted by atomic mass is 10.2. The van der Waals surface area contributed by atoms with E-state index in [0.717, 1.165) is 0 Å². The number of anilines is 2. The van der Waals surface area contributed by atoms with Crippen LogP contribution in [0.25, 0.3) is 0 Å². The van der Waals surface area contributed by atoms with Gasteiger partial charge in [0, 0.05) is 12.4 Å². The zero-order chi connectivity index (χ0) is 13.5. The first-order valence-electron chi connectivity index (χ1n) is 5.93. The molecule has 0 unspecified atom stereocenters. The predicted molar refractivity (Wildman–Crippen MR) is 76.1 cm³/mol. The topological polar surface area (TPSA) is 37.4 Å². The predicted octanol–water partition coefficient (Wildman–Crippen LogP) is 3.21. The maximum Gasteiger partial charge on any atom is 0.210 e. The van der Waals surface area contributed by atoms with Gasteiger partial charge in [0.1, 0.15) is 0 Å². The van der Waals surface area contributed by atoms with Gasteiger partial charge in [0.15, 0.2) is 0 Å². The molecule has 0 aromatic heterocycles. The maximum atomic E-state index is 12.6. The second-order valence-corrected chi connectivity index (χ2v) is 6.54. The fraction of sp³-hybridized carbons (Fsp3) is 0.143. The number of rotatable bonds is 2. The largest absolute Gasteiger partial charge is 0.338 e. The Balaban J connectivity index is 2.34. The van der Waals surface area contributed by atoms with Gasteiger partial charge >= 0.3 is 0 Å². The van der Waals surface area contributed by atoms with Crippen LogP contribution in [0, 0.1) is 0 Å². The van der Waals surface area contributed by atoms with Gasteiger partial charge in [-0.15, -0.1) is 11.6 Å². The van der Waals surface area contributed by atoms with Crippen LogP contribution in [0.2, 0.25) is 0 Å². The summed E-state index contributed by atoms with van der Waals surface area (Å²) in [4.78, 5) is 2.65. The number of para-hydroxylation sites is 2. The van der Waals surface area contributed by atoms with E-state index in [0.29, 0.717) is 33.6 Å². The summed E-state index contributed by atoms with van der Waals surface area (Å²) in [6.45, 7) is 0.575. The number of fused-ring (bicyclic) bond motifs is 2. The molecular weight excluding hydrogens is 282 g/mol. The van der Waals surface area contributed by atoms with Crippen LogP contribution in [0.1, 0.15) is 0 Å². The van der Waals surface area contributed by atoms with Gasteiger partial charge in [0.25, 0.3) is 0 Å². The number of benzene rings is 2. The van der Waals surface area contributed by atoms with E-state index in [1.165, 1.54) is 0 Å². The van der Waals surface area contributed by atoms with Crippen molar-refractivity contribution < 1.29 is 8.42 Å². The molecule has 0 saturated heterocycles. The molecule has 0 radical (unpaired) electrons. The van der Waals surface area contributed by atoms with Crippen molar-refractivity contribution in [3.8, 4) is 0 Å². The molecule has 0 N–H and O–H groups in total. The maximum absolute atomic E-state index is 12.6. The molecule has 0 spiro atoms. The van der Waals surface area contributed by atoms with Gasteiger partial charge in [0.2, 0.25) is 9.84 Å². The van der Waals surface area contributed by atoms with Gasteiger partial charge in [0.05, 0.1) is 21.2 Å². The third kappa shape index (κ3) is 1.83. The van der Waals surface area contributed by atoms with Crippen LogP contribution in [0.15, 0.2) is 58.3 Å². The van der Waals surface area contributed by atoms with Crippen molar-refractivity contribution >= 4 is 32.8 Å². The Hall–Kier alpha value is -1.52. The minimum Gasteiger partial charge on any atom is -0.338 e. The number of sulfone groups is 1. The molecule has 1 aliphatic rings. The summed E-state index contributed by atoms with van der Waals surface area (Å²) in [5.41, 5.74) is 1.39. The van der Waals surface area contributed by atoms with Crippen molar-refractivity contribution in [3.05, 3.63) is 48.5 Å². The molecule has 0 saturated carbocycles. The average molecular weight is 294 g/mol. The zero-order valence-corrected chi connectivity index (χ0v) is 11.7. The number of halogens is 1. The molecule has 98 valence electrons. The number of hydrogen-bond donors (Lipinski definition) is 0. The van der Waals surface area contributed by atoms with Gasteiger partial charge in [-0.3, -0.25) is 0 Å². The molecule has 1 aliphatic heterocycles. The Kier molecular flexibility index (Phi) is 2.99. The first kappa shape index (κ1) is 12.5. The number of alkyl halides is 1. The van der Waals surface area contributed by atoms with Crippen LogP contribution in [-0.2, 0) is 9.84 Å². The van der Waals surface area contributed by atoms with E-state index in [-0.39, 0.29) is 0 Å². The quantitative estimate of drug-likeness (QED) is 0.798. The Bertz CT molecular complexity index is 674. The van der Waals surface area contributed by atoms with E-state index in [4.69, 9.17) is 11.6 Å². The summed E-state index contributed by atoms with van der Waals surface area (Å²) in [5.74, 6) is 0.433. The molecule has 3 rings (SSSR count). The molecule has 2 aromatic carbocycles. The average Bonchev–Trinajstić information content (AvgIpc) is 2.44. The van der Waals surface area contributed by atoms with Crippen LogP contribution >= 0.6 is 11.6 Å². The van der Waals surface area contributed by atoms with Crippen LogP contribution in [0.4, 0.5) is 11.4 Å². The molecular formula is C14H12ClNO2S. The monoisotopic (exact) mass is 293 g/mol. The summed E-state index contributed by atoms with van der Waals surface area (Å²) in [7, 11) is -3.44. The third-order valence-electron chi connectivity index (χ3n) is 3.20. The number of nitrogens with zero attached hydrogens (tertiary/aromatic N) is 1. The summed E-state index contributed by atoms with van der Waals surface area (Å²) >= 11 is 5.85. The van der Waals surface area contributed by atoms with Gasteiger partial charge in [-0.25, -0.2) is 8.42 Å². The summed E-state index contributed by atoms with van der Waals surface area (Å²) < 4.78 is 25.2. The van der Waals surface area contributed by atoms with E-state index in [2.05, 4.69) is 0 Å². The van der Waals surface area contributed by atoms with Gasteiger partial charge in [-0.1, -0.05) is 24.3 Å². The molecule has 0 fully saturated rings. The third-order valence-corrected chi connectivity index (χ3v) is 5.22. The molecule has 0 atom stereocenters. The van der Waals surface area contributed by atoms with Crippen molar-refractivity contribution in [2.75, 3.05) is 17.3 Å². The molecule has 19 heavy (non-hydrogen) atoms. The van der Waals surface area contributed by atoms with Crippen molar-refractivity contribution in [1.29, 1.82) is 0 Å². The fourth-order valence-electron chi connectivity index (χ4n) is 2.39. The minimum absolute atomic E-state index is 0.346. The molecule has 2 aromatic rings.